The van der Waals surface area contributed by atoms with Crippen LogP contribution in [0.5, 0.6) is 0 Å². The van der Waals surface area contributed by atoms with E-state index in [1.807, 2.05) is 0 Å². The van der Waals surface area contributed by atoms with E-state index < -0.39 is 0 Å². The van der Waals surface area contributed by atoms with Crippen molar-refractivity contribution in [2.75, 3.05) is 19.8 Å². The summed E-state index contributed by atoms with van der Waals surface area (Å²) in [5, 5.41) is 3.56. The van der Waals surface area contributed by atoms with Crippen LogP contribution >= 0.6 is 0 Å². The molecule has 2 nitrogen and oxygen atoms in total. The van der Waals surface area contributed by atoms with E-state index in [2.05, 4.69) is 57.3 Å². The minimum absolute atomic E-state index is 0.548. The van der Waals surface area contributed by atoms with Crippen molar-refractivity contribution in [1.29, 1.82) is 0 Å². The van der Waals surface area contributed by atoms with Crippen molar-refractivity contribution < 1.29 is 4.74 Å². The van der Waals surface area contributed by atoms with E-state index in [4.69, 9.17) is 4.74 Å². The summed E-state index contributed by atoms with van der Waals surface area (Å²) in [6.07, 6.45) is 2.27. The number of hydrogen-bond acceptors (Lipinski definition) is 2. The number of hydrogen-bond donors (Lipinski definition) is 1. The Bertz CT molecular complexity index is 349. The van der Waals surface area contributed by atoms with E-state index in [1.165, 1.54) is 11.1 Å². The van der Waals surface area contributed by atoms with Crippen molar-refractivity contribution in [1.82, 2.24) is 5.32 Å². The summed E-state index contributed by atoms with van der Waals surface area (Å²) >= 11 is 0. The topological polar surface area (TPSA) is 21.3 Å². The third-order valence-electron chi connectivity index (χ3n) is 3.46. The zero-order valence-electron chi connectivity index (χ0n) is 12.9. The van der Waals surface area contributed by atoms with Crippen LogP contribution in [0.1, 0.15) is 38.3 Å². The molecule has 108 valence electrons. The highest BCUT2D eigenvalue weighted by molar-refractivity contribution is 5.25. The average Bonchev–Trinajstić information content (AvgIpc) is 2.38. The normalized spacial score (nSPS) is 12.9. The second-order valence-electron chi connectivity index (χ2n) is 5.55. The van der Waals surface area contributed by atoms with Gasteiger partial charge in [0.25, 0.3) is 0 Å². The van der Waals surface area contributed by atoms with Crippen molar-refractivity contribution in [2.45, 2.75) is 46.6 Å². The zero-order valence-corrected chi connectivity index (χ0v) is 12.9. The van der Waals surface area contributed by atoms with Crippen LogP contribution < -0.4 is 5.32 Å². The molecule has 0 aromatic heterocycles. The number of nitrogens with one attached hydrogen (secondary N) is 1. The van der Waals surface area contributed by atoms with Gasteiger partial charge in [-0.25, -0.2) is 0 Å². The Hall–Kier alpha value is -0.860. The van der Waals surface area contributed by atoms with Crippen LogP contribution in [0.3, 0.4) is 0 Å². The summed E-state index contributed by atoms with van der Waals surface area (Å²) in [6.45, 7) is 11.4. The first-order chi connectivity index (χ1) is 9.13. The summed E-state index contributed by atoms with van der Waals surface area (Å²) in [7, 11) is 0. The Balaban J connectivity index is 2.54. The molecule has 1 rings (SSSR count). The second-order valence-corrected chi connectivity index (χ2v) is 5.55. The zero-order chi connectivity index (χ0) is 14.1. The van der Waals surface area contributed by atoms with Gasteiger partial charge in [-0.3, -0.25) is 0 Å². The molecule has 0 bridgehead atoms. The SMILES string of the molecule is CCOCCC(CNC(C)C)Cc1ccccc1C. The minimum Gasteiger partial charge on any atom is -0.382 e. The lowest BCUT2D eigenvalue weighted by Gasteiger charge is -2.20. The van der Waals surface area contributed by atoms with Gasteiger partial charge in [0.1, 0.15) is 0 Å². The molecular formula is C17H29NO. The Morgan fingerprint density at radius 3 is 2.58 bits per heavy atom. The van der Waals surface area contributed by atoms with Crippen molar-refractivity contribution in [3.63, 3.8) is 0 Å². The lowest BCUT2D eigenvalue weighted by atomic mass is 9.93. The highest BCUT2D eigenvalue weighted by Crippen LogP contribution is 2.16. The third kappa shape index (κ3) is 6.74. The lowest BCUT2D eigenvalue weighted by Crippen LogP contribution is -2.30. The lowest BCUT2D eigenvalue weighted by molar-refractivity contribution is 0.131. The molecule has 1 aromatic carbocycles. The quantitative estimate of drug-likeness (QED) is 0.688. The number of aryl methyl sites for hydroxylation is 1. The van der Waals surface area contributed by atoms with Gasteiger partial charge < -0.3 is 10.1 Å². The molecule has 0 fully saturated rings. The first kappa shape index (κ1) is 16.2. The van der Waals surface area contributed by atoms with Gasteiger partial charge in [-0.1, -0.05) is 38.1 Å². The molecule has 1 unspecified atom stereocenters. The fraction of sp³-hybridized carbons (Fsp3) is 0.647. The molecule has 0 amide bonds. The van der Waals surface area contributed by atoms with Gasteiger partial charge >= 0.3 is 0 Å². The molecule has 1 aromatic rings. The smallest absolute Gasteiger partial charge is 0.0469 e. The van der Waals surface area contributed by atoms with E-state index in [9.17, 15) is 0 Å². The Morgan fingerprint density at radius 1 is 1.21 bits per heavy atom. The number of benzene rings is 1. The van der Waals surface area contributed by atoms with E-state index in [0.29, 0.717) is 12.0 Å². The second kappa shape index (κ2) is 9.11. The van der Waals surface area contributed by atoms with Crippen LogP contribution in [0.25, 0.3) is 0 Å². The first-order valence-electron chi connectivity index (χ1n) is 7.49. The fourth-order valence-electron chi connectivity index (χ4n) is 2.22. The monoisotopic (exact) mass is 263 g/mol. The highest BCUT2D eigenvalue weighted by Gasteiger charge is 2.11. The van der Waals surface area contributed by atoms with Crippen LogP contribution in [-0.4, -0.2) is 25.8 Å². The van der Waals surface area contributed by atoms with E-state index in [0.717, 1.165) is 32.6 Å². The molecule has 0 aliphatic rings. The maximum Gasteiger partial charge on any atom is 0.0469 e. The van der Waals surface area contributed by atoms with E-state index in [-0.39, 0.29) is 0 Å². The van der Waals surface area contributed by atoms with Crippen molar-refractivity contribution in [2.24, 2.45) is 5.92 Å². The molecule has 0 spiro atoms. The average molecular weight is 263 g/mol. The predicted octanol–water partition coefficient (Wildman–Crippen LogP) is 3.58. The molecule has 0 saturated carbocycles. The fourth-order valence-corrected chi connectivity index (χ4v) is 2.22. The Labute approximate surface area is 118 Å². The predicted molar refractivity (Wildman–Crippen MR) is 82.6 cm³/mol. The van der Waals surface area contributed by atoms with Gasteiger partial charge in [-0.2, -0.15) is 0 Å². The van der Waals surface area contributed by atoms with Gasteiger partial charge in [0.05, 0.1) is 0 Å². The largest absolute Gasteiger partial charge is 0.382 e. The van der Waals surface area contributed by atoms with Gasteiger partial charge in [0.2, 0.25) is 0 Å². The molecular weight excluding hydrogens is 234 g/mol. The molecule has 2 heteroatoms. The number of ether oxygens (including phenoxy) is 1. The van der Waals surface area contributed by atoms with Gasteiger partial charge in [0, 0.05) is 19.3 Å². The summed E-state index contributed by atoms with van der Waals surface area (Å²) in [6, 6.07) is 9.24. The molecule has 19 heavy (non-hydrogen) atoms. The highest BCUT2D eigenvalue weighted by atomic mass is 16.5. The van der Waals surface area contributed by atoms with Gasteiger partial charge in [-0.15, -0.1) is 0 Å². The van der Waals surface area contributed by atoms with Gasteiger partial charge in [-0.05, 0) is 50.3 Å². The van der Waals surface area contributed by atoms with E-state index >= 15 is 0 Å². The maximum absolute atomic E-state index is 5.51. The maximum atomic E-state index is 5.51. The van der Waals surface area contributed by atoms with Crippen LogP contribution in [0.2, 0.25) is 0 Å². The summed E-state index contributed by atoms with van der Waals surface area (Å²) in [5.74, 6) is 0.648. The van der Waals surface area contributed by atoms with Crippen molar-refractivity contribution in [3.05, 3.63) is 35.4 Å². The van der Waals surface area contributed by atoms with Crippen LogP contribution in [-0.2, 0) is 11.2 Å². The van der Waals surface area contributed by atoms with Crippen molar-refractivity contribution >= 4 is 0 Å². The first-order valence-corrected chi connectivity index (χ1v) is 7.49. The van der Waals surface area contributed by atoms with E-state index in [1.54, 1.807) is 0 Å². The molecule has 0 aliphatic heterocycles. The molecule has 0 heterocycles. The Morgan fingerprint density at radius 2 is 1.95 bits per heavy atom. The van der Waals surface area contributed by atoms with Crippen LogP contribution in [0, 0.1) is 12.8 Å². The molecule has 0 saturated heterocycles. The van der Waals surface area contributed by atoms with Gasteiger partial charge in [0.15, 0.2) is 0 Å². The Kier molecular flexibility index (Phi) is 7.76. The summed E-state index contributed by atoms with van der Waals surface area (Å²) in [5.41, 5.74) is 2.86. The summed E-state index contributed by atoms with van der Waals surface area (Å²) in [4.78, 5) is 0. The molecule has 0 radical (unpaired) electrons. The minimum atomic E-state index is 0.548. The molecule has 0 aliphatic carbocycles. The van der Waals surface area contributed by atoms with Crippen molar-refractivity contribution in [3.8, 4) is 0 Å². The van der Waals surface area contributed by atoms with Crippen LogP contribution in [0.4, 0.5) is 0 Å². The summed E-state index contributed by atoms with van der Waals surface area (Å²) < 4.78 is 5.51. The molecule has 1 atom stereocenters. The molecule has 1 N–H and O–H groups in total. The van der Waals surface area contributed by atoms with Crippen LogP contribution in [0.15, 0.2) is 24.3 Å². The number of rotatable bonds is 9. The standard InChI is InChI=1S/C17H29NO/c1-5-19-11-10-16(13-18-14(2)3)12-17-9-7-6-8-15(17)4/h6-9,14,16,18H,5,10-13H2,1-4H3. The third-order valence-corrected chi connectivity index (χ3v) is 3.46.